The lowest BCUT2D eigenvalue weighted by molar-refractivity contribution is -0.121. The van der Waals surface area contributed by atoms with E-state index in [0.717, 1.165) is 17.0 Å². The zero-order valence-corrected chi connectivity index (χ0v) is 14.1. The molecule has 2 aromatic rings. The Balaban J connectivity index is 1.77. The molecule has 0 aliphatic carbocycles. The maximum Gasteiger partial charge on any atom is 0.240 e. The van der Waals surface area contributed by atoms with Crippen molar-refractivity contribution in [3.8, 4) is 0 Å². The first-order valence-corrected chi connectivity index (χ1v) is 9.24. The number of carbonyl (C=O) groups is 1. The number of hydrogen-bond donors (Lipinski definition) is 2. The van der Waals surface area contributed by atoms with Crippen LogP contribution in [0.25, 0.3) is 0 Å². The molecule has 0 aliphatic heterocycles. The molecule has 1 aromatic heterocycles. The largest absolute Gasteiger partial charge is 0.351 e. The molecule has 0 saturated heterocycles. The average Bonchev–Trinajstić information content (AvgIpc) is 2.91. The quantitative estimate of drug-likeness (QED) is 0.798. The van der Waals surface area contributed by atoms with Crippen molar-refractivity contribution < 1.29 is 17.6 Å². The van der Waals surface area contributed by atoms with Gasteiger partial charge in [0.2, 0.25) is 15.9 Å². The summed E-state index contributed by atoms with van der Waals surface area (Å²) in [5.74, 6) is -0.745. The minimum Gasteiger partial charge on any atom is -0.351 e. The molecule has 23 heavy (non-hydrogen) atoms. The Morgan fingerprint density at radius 3 is 2.48 bits per heavy atom. The second kappa shape index (κ2) is 7.67. The van der Waals surface area contributed by atoms with Gasteiger partial charge in [0.1, 0.15) is 5.82 Å². The number of thiophene rings is 1. The molecule has 2 rings (SSSR count). The van der Waals surface area contributed by atoms with Crippen molar-refractivity contribution >= 4 is 27.3 Å². The highest BCUT2D eigenvalue weighted by Gasteiger charge is 2.14. The predicted octanol–water partition coefficient (Wildman–Crippen LogP) is 2.18. The molecule has 0 unspecified atom stereocenters. The van der Waals surface area contributed by atoms with E-state index in [0.29, 0.717) is 6.54 Å². The summed E-state index contributed by atoms with van der Waals surface area (Å²) in [7, 11) is -3.73. The van der Waals surface area contributed by atoms with E-state index < -0.39 is 15.8 Å². The Kier molecular flexibility index (Phi) is 5.86. The third-order valence-corrected chi connectivity index (χ3v) is 5.50. The Labute approximate surface area is 138 Å². The lowest BCUT2D eigenvalue weighted by Gasteiger charge is -2.07. The van der Waals surface area contributed by atoms with Crippen LogP contribution in [-0.2, 0) is 21.4 Å². The number of hydrogen-bond acceptors (Lipinski definition) is 4. The van der Waals surface area contributed by atoms with Crippen LogP contribution in [0, 0.1) is 12.7 Å². The monoisotopic (exact) mass is 356 g/mol. The standard InChI is InChI=1S/C15H17FN2O3S2/c1-11-2-5-13(22-11)10-17-15(19)8-9-18-23(20,21)14-6-3-12(16)4-7-14/h2-7,18H,8-10H2,1H3,(H,17,19). The van der Waals surface area contributed by atoms with Gasteiger partial charge in [-0.25, -0.2) is 17.5 Å². The highest BCUT2D eigenvalue weighted by atomic mass is 32.2. The number of aryl methyl sites for hydroxylation is 1. The molecule has 0 saturated carbocycles. The Hall–Kier alpha value is -1.77. The fourth-order valence-electron chi connectivity index (χ4n) is 1.85. The molecule has 0 atom stereocenters. The van der Waals surface area contributed by atoms with Crippen LogP contribution < -0.4 is 10.0 Å². The normalized spacial score (nSPS) is 11.4. The summed E-state index contributed by atoms with van der Waals surface area (Å²) in [5, 5.41) is 2.73. The Bertz CT molecular complexity index is 770. The van der Waals surface area contributed by atoms with E-state index in [9.17, 15) is 17.6 Å². The first-order chi connectivity index (χ1) is 10.9. The van der Waals surface area contributed by atoms with Gasteiger partial charge in [-0.2, -0.15) is 0 Å². The molecule has 0 bridgehead atoms. The third-order valence-electron chi connectivity index (χ3n) is 3.02. The van der Waals surface area contributed by atoms with Gasteiger partial charge < -0.3 is 5.32 Å². The van der Waals surface area contributed by atoms with Gasteiger partial charge in [0.05, 0.1) is 11.4 Å². The van der Waals surface area contributed by atoms with Gasteiger partial charge in [-0.05, 0) is 43.3 Å². The molecule has 124 valence electrons. The molecule has 0 aliphatic rings. The van der Waals surface area contributed by atoms with Crippen LogP contribution in [0.2, 0.25) is 0 Å². The molecule has 0 spiro atoms. The smallest absolute Gasteiger partial charge is 0.240 e. The number of nitrogens with one attached hydrogen (secondary N) is 2. The fourth-order valence-corrected chi connectivity index (χ4v) is 3.71. The molecule has 0 fully saturated rings. The summed E-state index contributed by atoms with van der Waals surface area (Å²) >= 11 is 1.60. The van der Waals surface area contributed by atoms with Crippen LogP contribution in [-0.4, -0.2) is 20.9 Å². The van der Waals surface area contributed by atoms with Gasteiger partial charge in [0.25, 0.3) is 0 Å². The van der Waals surface area contributed by atoms with E-state index in [1.165, 1.54) is 17.0 Å². The van der Waals surface area contributed by atoms with Crippen LogP contribution in [0.1, 0.15) is 16.2 Å². The summed E-state index contributed by atoms with van der Waals surface area (Å²) in [4.78, 5) is 13.9. The molecule has 2 N–H and O–H groups in total. The zero-order chi connectivity index (χ0) is 16.9. The first-order valence-electron chi connectivity index (χ1n) is 6.94. The number of carbonyl (C=O) groups excluding carboxylic acids is 1. The molecule has 0 radical (unpaired) electrons. The molecule has 1 heterocycles. The Morgan fingerprint density at radius 1 is 1.17 bits per heavy atom. The highest BCUT2D eigenvalue weighted by Crippen LogP contribution is 2.14. The van der Waals surface area contributed by atoms with Gasteiger partial charge in [0.15, 0.2) is 0 Å². The molecule has 5 nitrogen and oxygen atoms in total. The molecule has 1 aromatic carbocycles. The van der Waals surface area contributed by atoms with Gasteiger partial charge in [0, 0.05) is 22.7 Å². The number of sulfonamides is 1. The number of amides is 1. The van der Waals surface area contributed by atoms with E-state index in [2.05, 4.69) is 10.0 Å². The number of halogens is 1. The molecule has 1 amide bonds. The van der Waals surface area contributed by atoms with Crippen LogP contribution >= 0.6 is 11.3 Å². The van der Waals surface area contributed by atoms with Gasteiger partial charge in [-0.15, -0.1) is 11.3 Å². The van der Waals surface area contributed by atoms with Gasteiger partial charge in [-0.3, -0.25) is 4.79 Å². The van der Waals surface area contributed by atoms with E-state index in [1.807, 2.05) is 19.1 Å². The van der Waals surface area contributed by atoms with Crippen molar-refractivity contribution in [3.05, 3.63) is 52.0 Å². The summed E-state index contributed by atoms with van der Waals surface area (Å²) in [5.41, 5.74) is 0. The molecular weight excluding hydrogens is 339 g/mol. The van der Waals surface area contributed by atoms with Crippen molar-refractivity contribution in [2.45, 2.75) is 24.8 Å². The molecular formula is C15H17FN2O3S2. The SMILES string of the molecule is Cc1ccc(CNC(=O)CCNS(=O)(=O)c2ccc(F)cc2)s1. The summed E-state index contributed by atoms with van der Waals surface area (Å²) in [6.45, 7) is 2.40. The predicted molar refractivity (Wildman–Crippen MR) is 87.1 cm³/mol. The molecule has 8 heteroatoms. The van der Waals surface area contributed by atoms with Crippen molar-refractivity contribution in [1.82, 2.24) is 10.0 Å². The minimum absolute atomic E-state index is 0.0188. The lowest BCUT2D eigenvalue weighted by atomic mass is 10.4. The lowest BCUT2D eigenvalue weighted by Crippen LogP contribution is -2.30. The van der Waals surface area contributed by atoms with Gasteiger partial charge in [-0.1, -0.05) is 0 Å². The highest BCUT2D eigenvalue weighted by molar-refractivity contribution is 7.89. The second-order valence-electron chi connectivity index (χ2n) is 4.89. The van der Waals surface area contributed by atoms with E-state index >= 15 is 0 Å². The van der Waals surface area contributed by atoms with Crippen LogP contribution in [0.15, 0.2) is 41.3 Å². The van der Waals surface area contributed by atoms with Crippen LogP contribution in [0.4, 0.5) is 4.39 Å². The third kappa shape index (κ3) is 5.42. The summed E-state index contributed by atoms with van der Waals surface area (Å²) in [6, 6.07) is 8.42. The summed E-state index contributed by atoms with van der Waals surface area (Å²) < 4.78 is 39.0. The maximum absolute atomic E-state index is 12.8. The van der Waals surface area contributed by atoms with Gasteiger partial charge >= 0.3 is 0 Å². The van der Waals surface area contributed by atoms with Crippen molar-refractivity contribution in [3.63, 3.8) is 0 Å². The first kappa shape index (κ1) is 17.6. The van der Waals surface area contributed by atoms with E-state index in [4.69, 9.17) is 0 Å². The van der Waals surface area contributed by atoms with E-state index in [-0.39, 0.29) is 23.8 Å². The zero-order valence-electron chi connectivity index (χ0n) is 12.5. The topological polar surface area (TPSA) is 75.3 Å². The average molecular weight is 356 g/mol. The second-order valence-corrected chi connectivity index (χ2v) is 8.03. The maximum atomic E-state index is 12.8. The number of rotatable bonds is 7. The number of benzene rings is 1. The van der Waals surface area contributed by atoms with Crippen molar-refractivity contribution in [1.29, 1.82) is 0 Å². The van der Waals surface area contributed by atoms with E-state index in [1.54, 1.807) is 11.3 Å². The minimum atomic E-state index is -3.73. The summed E-state index contributed by atoms with van der Waals surface area (Å²) in [6.07, 6.45) is 0.0325. The van der Waals surface area contributed by atoms with Crippen molar-refractivity contribution in [2.24, 2.45) is 0 Å². The van der Waals surface area contributed by atoms with Crippen LogP contribution in [0.5, 0.6) is 0 Å². The van der Waals surface area contributed by atoms with Crippen molar-refractivity contribution in [2.75, 3.05) is 6.54 Å². The fraction of sp³-hybridized carbons (Fsp3) is 0.267. The Morgan fingerprint density at radius 2 is 1.87 bits per heavy atom. The van der Waals surface area contributed by atoms with Crippen LogP contribution in [0.3, 0.4) is 0 Å².